The first kappa shape index (κ1) is 19.9. The highest BCUT2D eigenvalue weighted by Gasteiger charge is 2.37. The van der Waals surface area contributed by atoms with Gasteiger partial charge in [-0.3, -0.25) is 14.5 Å². The van der Waals surface area contributed by atoms with Crippen LogP contribution in [0.25, 0.3) is 0 Å². The van der Waals surface area contributed by atoms with E-state index in [0.29, 0.717) is 36.9 Å². The number of halogens is 1. The number of carbonyl (C=O) groups is 2. The van der Waals surface area contributed by atoms with E-state index in [-0.39, 0.29) is 17.7 Å². The molecule has 0 radical (unpaired) electrons. The van der Waals surface area contributed by atoms with Gasteiger partial charge in [-0.1, -0.05) is 48.0 Å². The van der Waals surface area contributed by atoms with Gasteiger partial charge in [0.1, 0.15) is 6.04 Å². The Hall–Kier alpha value is -2.37. The smallest absolute Gasteiger partial charge is 0.246 e. The van der Waals surface area contributed by atoms with E-state index in [1.807, 2.05) is 54.3 Å². The number of aryl methyl sites for hydroxylation is 1. The van der Waals surface area contributed by atoms with Crippen molar-refractivity contribution >= 4 is 29.1 Å². The minimum atomic E-state index is -0.408. The van der Waals surface area contributed by atoms with Crippen LogP contribution in [-0.2, 0) is 9.59 Å². The molecule has 1 heterocycles. The van der Waals surface area contributed by atoms with Crippen molar-refractivity contribution in [2.75, 3.05) is 31.5 Å². The molecule has 6 heteroatoms. The third-order valence-corrected chi connectivity index (χ3v) is 6.13. The van der Waals surface area contributed by atoms with Gasteiger partial charge in [-0.25, -0.2) is 0 Å². The number of hydrogen-bond acceptors (Lipinski definition) is 3. The van der Waals surface area contributed by atoms with Crippen molar-refractivity contribution in [3.8, 4) is 0 Å². The minimum Gasteiger partial charge on any atom is -0.340 e. The predicted octanol–water partition coefficient (Wildman–Crippen LogP) is 3.88. The summed E-state index contributed by atoms with van der Waals surface area (Å²) < 4.78 is 0. The molecule has 29 heavy (non-hydrogen) atoms. The zero-order chi connectivity index (χ0) is 20.4. The molecule has 0 bridgehead atoms. The van der Waals surface area contributed by atoms with E-state index in [9.17, 15) is 9.59 Å². The summed E-state index contributed by atoms with van der Waals surface area (Å²) in [4.78, 5) is 29.7. The first-order valence-electron chi connectivity index (χ1n) is 10.2. The molecule has 0 spiro atoms. The molecule has 2 fully saturated rings. The molecule has 5 nitrogen and oxygen atoms in total. The van der Waals surface area contributed by atoms with Crippen molar-refractivity contribution in [2.24, 2.45) is 5.92 Å². The highest BCUT2D eigenvalue weighted by molar-refractivity contribution is 6.31. The molecule has 0 unspecified atom stereocenters. The maximum atomic E-state index is 13.3. The Balaban J connectivity index is 1.50. The highest BCUT2D eigenvalue weighted by Crippen LogP contribution is 2.32. The maximum absolute atomic E-state index is 13.3. The Morgan fingerprint density at radius 1 is 1.03 bits per heavy atom. The molecular formula is C23H26ClN3O2. The lowest BCUT2D eigenvalue weighted by atomic mass is 10.0. The van der Waals surface area contributed by atoms with E-state index in [4.69, 9.17) is 11.6 Å². The molecular weight excluding hydrogens is 386 g/mol. The van der Waals surface area contributed by atoms with E-state index < -0.39 is 6.04 Å². The molecule has 1 atom stereocenters. The number of hydrogen-bond donors (Lipinski definition) is 1. The fraction of sp³-hybridized carbons (Fsp3) is 0.391. The number of anilines is 1. The van der Waals surface area contributed by atoms with Gasteiger partial charge in [0, 0.05) is 42.8 Å². The number of nitrogens with zero attached hydrogens (tertiary/aromatic N) is 2. The molecule has 2 aliphatic rings. The third-order valence-electron chi connectivity index (χ3n) is 5.72. The van der Waals surface area contributed by atoms with Gasteiger partial charge in [0.25, 0.3) is 0 Å². The summed E-state index contributed by atoms with van der Waals surface area (Å²) in [6.45, 7) is 4.63. The van der Waals surface area contributed by atoms with Crippen molar-refractivity contribution in [2.45, 2.75) is 25.8 Å². The SMILES string of the molecule is Cc1ccc(NC(=O)[C@@H](c2ccccc2)N2CCN(C(=O)C3CC3)CC2)cc1Cl. The molecule has 1 saturated heterocycles. The fourth-order valence-electron chi connectivity index (χ4n) is 3.83. The molecule has 2 aromatic carbocycles. The zero-order valence-corrected chi connectivity index (χ0v) is 17.4. The standard InChI is InChI=1S/C23H26ClN3O2/c1-16-7-10-19(15-20(16)24)25-22(28)21(17-5-3-2-4-6-17)26-11-13-27(14-12-26)23(29)18-8-9-18/h2-7,10,15,18,21H,8-9,11-14H2,1H3,(H,25,28)/t21-/m1/s1. The van der Waals surface area contributed by atoms with Crippen LogP contribution in [0, 0.1) is 12.8 Å². The van der Waals surface area contributed by atoms with Crippen molar-refractivity contribution in [1.29, 1.82) is 0 Å². The number of amides is 2. The molecule has 152 valence electrons. The quantitative estimate of drug-likeness (QED) is 0.812. The van der Waals surface area contributed by atoms with Crippen LogP contribution in [0.2, 0.25) is 5.02 Å². The van der Waals surface area contributed by atoms with Crippen LogP contribution in [0.5, 0.6) is 0 Å². The lowest BCUT2D eigenvalue weighted by molar-refractivity contribution is -0.135. The van der Waals surface area contributed by atoms with Gasteiger partial charge in [0.2, 0.25) is 11.8 Å². The normalized spacial score (nSPS) is 18.3. The third kappa shape index (κ3) is 4.62. The minimum absolute atomic E-state index is 0.0851. The Morgan fingerprint density at radius 2 is 1.72 bits per heavy atom. The molecule has 1 aliphatic carbocycles. The van der Waals surface area contributed by atoms with Crippen LogP contribution in [0.15, 0.2) is 48.5 Å². The molecule has 1 aliphatic heterocycles. The lowest BCUT2D eigenvalue weighted by Crippen LogP contribution is -2.52. The van der Waals surface area contributed by atoms with Crippen molar-refractivity contribution < 1.29 is 9.59 Å². The van der Waals surface area contributed by atoms with Crippen LogP contribution in [0.4, 0.5) is 5.69 Å². The first-order chi connectivity index (χ1) is 14.0. The zero-order valence-electron chi connectivity index (χ0n) is 16.6. The van der Waals surface area contributed by atoms with E-state index in [2.05, 4.69) is 10.2 Å². The summed E-state index contributed by atoms with van der Waals surface area (Å²) in [5.41, 5.74) is 2.61. The van der Waals surface area contributed by atoms with Gasteiger partial charge >= 0.3 is 0 Å². The van der Waals surface area contributed by atoms with Crippen LogP contribution in [0.3, 0.4) is 0 Å². The summed E-state index contributed by atoms with van der Waals surface area (Å²) in [6.07, 6.45) is 2.04. The van der Waals surface area contributed by atoms with E-state index in [0.717, 1.165) is 24.0 Å². The number of nitrogens with one attached hydrogen (secondary N) is 1. The van der Waals surface area contributed by atoms with Gasteiger partial charge in [-0.2, -0.15) is 0 Å². The fourth-order valence-corrected chi connectivity index (χ4v) is 4.01. The molecule has 4 rings (SSSR count). The Morgan fingerprint density at radius 3 is 2.34 bits per heavy atom. The largest absolute Gasteiger partial charge is 0.340 e. The van der Waals surface area contributed by atoms with Crippen molar-refractivity contribution in [1.82, 2.24) is 9.80 Å². The Bertz CT molecular complexity index is 890. The summed E-state index contributed by atoms with van der Waals surface area (Å²) in [7, 11) is 0. The lowest BCUT2D eigenvalue weighted by Gasteiger charge is -2.39. The maximum Gasteiger partial charge on any atom is 0.246 e. The van der Waals surface area contributed by atoms with Gasteiger partial charge in [-0.05, 0) is 43.0 Å². The molecule has 2 amide bonds. The number of carbonyl (C=O) groups excluding carboxylic acids is 2. The van der Waals surface area contributed by atoms with Crippen molar-refractivity contribution in [3.05, 3.63) is 64.7 Å². The average Bonchev–Trinajstić information content (AvgIpc) is 3.57. The molecule has 2 aromatic rings. The summed E-state index contributed by atoms with van der Waals surface area (Å²) in [6, 6.07) is 15.0. The van der Waals surface area contributed by atoms with Crippen LogP contribution < -0.4 is 5.32 Å². The summed E-state index contributed by atoms with van der Waals surface area (Å²) in [5.74, 6) is 0.429. The summed E-state index contributed by atoms with van der Waals surface area (Å²) in [5, 5.41) is 3.65. The average molecular weight is 412 g/mol. The number of piperazine rings is 1. The second-order valence-corrected chi connectivity index (χ2v) is 8.31. The first-order valence-corrected chi connectivity index (χ1v) is 10.6. The van der Waals surface area contributed by atoms with Gasteiger partial charge in [0.15, 0.2) is 0 Å². The van der Waals surface area contributed by atoms with Gasteiger partial charge in [-0.15, -0.1) is 0 Å². The van der Waals surface area contributed by atoms with Gasteiger partial charge < -0.3 is 10.2 Å². The second-order valence-electron chi connectivity index (χ2n) is 7.90. The molecule has 1 saturated carbocycles. The Kier molecular flexibility index (Phi) is 5.88. The Labute approximate surface area is 176 Å². The predicted molar refractivity (Wildman–Crippen MR) is 115 cm³/mol. The van der Waals surface area contributed by atoms with Crippen LogP contribution in [-0.4, -0.2) is 47.8 Å². The monoisotopic (exact) mass is 411 g/mol. The topological polar surface area (TPSA) is 52.7 Å². The number of benzene rings is 2. The highest BCUT2D eigenvalue weighted by atomic mass is 35.5. The van der Waals surface area contributed by atoms with Gasteiger partial charge in [0.05, 0.1) is 0 Å². The van der Waals surface area contributed by atoms with Crippen LogP contribution in [0.1, 0.15) is 30.0 Å². The van der Waals surface area contributed by atoms with E-state index in [1.54, 1.807) is 6.07 Å². The van der Waals surface area contributed by atoms with E-state index in [1.165, 1.54) is 0 Å². The van der Waals surface area contributed by atoms with Crippen LogP contribution >= 0.6 is 11.6 Å². The van der Waals surface area contributed by atoms with E-state index >= 15 is 0 Å². The summed E-state index contributed by atoms with van der Waals surface area (Å²) >= 11 is 6.22. The number of rotatable bonds is 5. The molecule has 1 N–H and O–H groups in total. The van der Waals surface area contributed by atoms with Crippen molar-refractivity contribution in [3.63, 3.8) is 0 Å². The second kappa shape index (κ2) is 8.56. The molecule has 0 aromatic heterocycles.